The van der Waals surface area contributed by atoms with Crippen molar-refractivity contribution >= 4 is 0 Å². The number of rotatable bonds is 2. The molecule has 2 atom stereocenters. The lowest BCUT2D eigenvalue weighted by Gasteiger charge is -2.36. The average Bonchev–Trinajstić information content (AvgIpc) is 2.67. The van der Waals surface area contributed by atoms with E-state index < -0.39 is 0 Å². The van der Waals surface area contributed by atoms with Crippen molar-refractivity contribution in [3.8, 4) is 0 Å². The van der Waals surface area contributed by atoms with Crippen LogP contribution >= 0.6 is 0 Å². The van der Waals surface area contributed by atoms with E-state index in [9.17, 15) is 0 Å². The van der Waals surface area contributed by atoms with Gasteiger partial charge in [-0.2, -0.15) is 0 Å². The molecule has 14 heavy (non-hydrogen) atoms. The molecule has 0 bridgehead atoms. The summed E-state index contributed by atoms with van der Waals surface area (Å²) in [5.74, 6) is 0. The second-order valence-electron chi connectivity index (χ2n) is 4.42. The molecule has 0 spiro atoms. The molecule has 0 saturated carbocycles. The summed E-state index contributed by atoms with van der Waals surface area (Å²) >= 11 is 0. The minimum Gasteiger partial charge on any atom is -0.378 e. The van der Waals surface area contributed by atoms with Crippen LogP contribution in [0.2, 0.25) is 0 Å². The number of piperazine rings is 1. The summed E-state index contributed by atoms with van der Waals surface area (Å²) < 4.78 is 5.58. The Morgan fingerprint density at radius 3 is 2.57 bits per heavy atom. The molecule has 82 valence electrons. The molecule has 4 heteroatoms. The number of ether oxygens (including phenoxy) is 1. The number of hydrogen-bond donors (Lipinski definition) is 1. The van der Waals surface area contributed by atoms with E-state index in [4.69, 9.17) is 4.74 Å². The number of likely N-dealkylation sites (N-methyl/N-ethyl adjacent to an activating group) is 1. The molecule has 2 rings (SSSR count). The maximum Gasteiger partial charge on any atom is 0.0638 e. The normalized spacial score (nSPS) is 35.4. The molecule has 1 N–H and O–H groups in total. The fourth-order valence-corrected chi connectivity index (χ4v) is 2.39. The monoisotopic (exact) mass is 199 g/mol. The molecule has 2 aliphatic rings. The summed E-state index contributed by atoms with van der Waals surface area (Å²) in [5, 5.41) is 3.39. The number of hydrogen-bond acceptors (Lipinski definition) is 4. The van der Waals surface area contributed by atoms with Gasteiger partial charge in [0.1, 0.15) is 0 Å². The van der Waals surface area contributed by atoms with Crippen molar-refractivity contribution in [3.63, 3.8) is 0 Å². The van der Waals surface area contributed by atoms with Crippen molar-refractivity contribution in [2.75, 3.05) is 53.5 Å². The summed E-state index contributed by atoms with van der Waals surface area (Å²) in [6.45, 7) is 6.37. The van der Waals surface area contributed by atoms with E-state index in [0.717, 1.165) is 26.3 Å². The van der Waals surface area contributed by atoms with Gasteiger partial charge in [-0.05, 0) is 14.1 Å². The topological polar surface area (TPSA) is 27.7 Å². The van der Waals surface area contributed by atoms with Crippen LogP contribution in [0.3, 0.4) is 0 Å². The maximum absolute atomic E-state index is 5.58. The molecule has 4 nitrogen and oxygen atoms in total. The Labute approximate surface area is 86.2 Å². The third-order valence-electron chi connectivity index (χ3n) is 3.31. The number of nitrogens with one attached hydrogen (secondary N) is 1. The van der Waals surface area contributed by atoms with Crippen molar-refractivity contribution in [3.05, 3.63) is 0 Å². The zero-order chi connectivity index (χ0) is 9.97. The van der Waals surface area contributed by atoms with Crippen LogP contribution in [-0.4, -0.2) is 75.4 Å². The maximum atomic E-state index is 5.58. The Kier molecular flexibility index (Phi) is 3.38. The Morgan fingerprint density at radius 2 is 1.93 bits per heavy atom. The summed E-state index contributed by atoms with van der Waals surface area (Å²) in [7, 11) is 4.29. The van der Waals surface area contributed by atoms with Crippen LogP contribution in [0.15, 0.2) is 0 Å². The Bertz CT molecular complexity index is 180. The summed E-state index contributed by atoms with van der Waals surface area (Å²) in [5.41, 5.74) is 0. The molecule has 0 radical (unpaired) electrons. The van der Waals surface area contributed by atoms with E-state index >= 15 is 0 Å². The van der Waals surface area contributed by atoms with Gasteiger partial charge in [0, 0.05) is 26.2 Å². The third-order valence-corrected chi connectivity index (χ3v) is 3.31. The molecule has 0 unspecified atom stereocenters. The van der Waals surface area contributed by atoms with E-state index in [2.05, 4.69) is 29.2 Å². The standard InChI is InChI=1S/C10H21N3O/c1-12(2)9-7-14-8-10(9)13-5-3-11-4-6-13/h9-11H,3-8H2,1-2H3/t9-,10-/m1/s1. The van der Waals surface area contributed by atoms with Gasteiger partial charge in [-0.3, -0.25) is 4.90 Å². The van der Waals surface area contributed by atoms with Crippen LogP contribution in [0, 0.1) is 0 Å². The summed E-state index contributed by atoms with van der Waals surface area (Å²) in [6.07, 6.45) is 0. The van der Waals surface area contributed by atoms with E-state index in [1.54, 1.807) is 0 Å². The highest BCUT2D eigenvalue weighted by molar-refractivity contribution is 4.90. The fraction of sp³-hybridized carbons (Fsp3) is 1.00. The highest BCUT2D eigenvalue weighted by Gasteiger charge is 2.34. The van der Waals surface area contributed by atoms with Gasteiger partial charge in [0.2, 0.25) is 0 Å². The van der Waals surface area contributed by atoms with Crippen molar-refractivity contribution in [1.29, 1.82) is 0 Å². The molecule has 2 aliphatic heterocycles. The fourth-order valence-electron chi connectivity index (χ4n) is 2.39. The van der Waals surface area contributed by atoms with Crippen molar-refractivity contribution in [2.24, 2.45) is 0 Å². The van der Waals surface area contributed by atoms with E-state index in [1.165, 1.54) is 13.1 Å². The SMILES string of the molecule is CN(C)[C@@H]1COC[C@H]1N1CCNCC1. The first-order chi connectivity index (χ1) is 6.79. The van der Waals surface area contributed by atoms with E-state index in [0.29, 0.717) is 12.1 Å². The lowest BCUT2D eigenvalue weighted by Crippen LogP contribution is -2.55. The first kappa shape index (κ1) is 10.4. The molecule has 0 aromatic carbocycles. The van der Waals surface area contributed by atoms with E-state index in [1.807, 2.05) is 0 Å². The highest BCUT2D eigenvalue weighted by Crippen LogP contribution is 2.17. The molecule has 2 saturated heterocycles. The van der Waals surface area contributed by atoms with Crippen LogP contribution in [0.25, 0.3) is 0 Å². The van der Waals surface area contributed by atoms with Crippen LogP contribution in [-0.2, 0) is 4.74 Å². The molecule has 2 fully saturated rings. The minimum absolute atomic E-state index is 0.577. The molecular weight excluding hydrogens is 178 g/mol. The van der Waals surface area contributed by atoms with Gasteiger partial charge in [0.25, 0.3) is 0 Å². The zero-order valence-electron chi connectivity index (χ0n) is 9.20. The Morgan fingerprint density at radius 1 is 1.21 bits per heavy atom. The molecule has 2 heterocycles. The van der Waals surface area contributed by atoms with Crippen LogP contribution in [0.4, 0.5) is 0 Å². The molecule has 0 aromatic rings. The first-order valence-electron chi connectivity index (χ1n) is 5.48. The van der Waals surface area contributed by atoms with Gasteiger partial charge in [-0.25, -0.2) is 0 Å². The largest absolute Gasteiger partial charge is 0.378 e. The van der Waals surface area contributed by atoms with Crippen molar-refractivity contribution in [1.82, 2.24) is 15.1 Å². The van der Waals surface area contributed by atoms with Gasteiger partial charge in [-0.1, -0.05) is 0 Å². The third kappa shape index (κ3) is 2.08. The van der Waals surface area contributed by atoms with Crippen LogP contribution in [0.1, 0.15) is 0 Å². The molecule has 0 aliphatic carbocycles. The predicted octanol–water partition coefficient (Wildman–Crippen LogP) is -0.779. The average molecular weight is 199 g/mol. The van der Waals surface area contributed by atoms with Crippen molar-refractivity contribution in [2.45, 2.75) is 12.1 Å². The summed E-state index contributed by atoms with van der Waals surface area (Å²) in [6, 6.07) is 1.18. The lowest BCUT2D eigenvalue weighted by atomic mass is 10.1. The molecular formula is C10H21N3O. The van der Waals surface area contributed by atoms with Crippen LogP contribution < -0.4 is 5.32 Å². The smallest absolute Gasteiger partial charge is 0.0638 e. The van der Waals surface area contributed by atoms with Crippen LogP contribution in [0.5, 0.6) is 0 Å². The Hall–Kier alpha value is -0.160. The zero-order valence-corrected chi connectivity index (χ0v) is 9.20. The number of nitrogens with zero attached hydrogens (tertiary/aromatic N) is 2. The van der Waals surface area contributed by atoms with Gasteiger partial charge in [-0.15, -0.1) is 0 Å². The van der Waals surface area contributed by atoms with Gasteiger partial charge >= 0.3 is 0 Å². The van der Waals surface area contributed by atoms with E-state index in [-0.39, 0.29) is 0 Å². The highest BCUT2D eigenvalue weighted by atomic mass is 16.5. The van der Waals surface area contributed by atoms with Gasteiger partial charge in [0.15, 0.2) is 0 Å². The quantitative estimate of drug-likeness (QED) is 0.631. The summed E-state index contributed by atoms with van der Waals surface area (Å²) in [4.78, 5) is 4.86. The second kappa shape index (κ2) is 4.57. The molecule has 0 amide bonds. The lowest BCUT2D eigenvalue weighted by molar-refractivity contribution is 0.119. The van der Waals surface area contributed by atoms with Gasteiger partial charge < -0.3 is 15.0 Å². The minimum atomic E-state index is 0.577. The molecule has 0 aromatic heterocycles. The Balaban J connectivity index is 1.94. The second-order valence-corrected chi connectivity index (χ2v) is 4.42. The van der Waals surface area contributed by atoms with Crippen molar-refractivity contribution < 1.29 is 4.74 Å². The predicted molar refractivity (Wildman–Crippen MR) is 56.5 cm³/mol. The van der Waals surface area contributed by atoms with Gasteiger partial charge in [0.05, 0.1) is 25.3 Å². The first-order valence-corrected chi connectivity index (χ1v) is 5.48.